The number of likely N-dealkylation sites (N-methyl/N-ethyl adjacent to an activating group) is 1. The van der Waals surface area contributed by atoms with Gasteiger partial charge in [-0.2, -0.15) is 0 Å². The Morgan fingerprint density at radius 2 is 1.90 bits per heavy atom. The van der Waals surface area contributed by atoms with Crippen molar-refractivity contribution in [2.45, 2.75) is 23.8 Å². The number of halogens is 1. The smallest absolute Gasteiger partial charge is 0.243 e. The molecule has 168 valence electrons. The van der Waals surface area contributed by atoms with E-state index in [1.807, 2.05) is 36.4 Å². The molecule has 2 atom stereocenters. The largest absolute Gasteiger partial charge is 0.493 e. The number of ether oxygens (including phenoxy) is 1. The van der Waals surface area contributed by atoms with E-state index >= 15 is 0 Å². The second-order valence-corrected chi connectivity index (χ2v) is 8.60. The molecule has 0 saturated carbocycles. The molecule has 0 aromatic heterocycles. The average Bonchev–Trinajstić information content (AvgIpc) is 3.19. The van der Waals surface area contributed by atoms with Crippen LogP contribution in [0.5, 0.6) is 5.75 Å². The van der Waals surface area contributed by atoms with E-state index < -0.39 is 0 Å². The summed E-state index contributed by atoms with van der Waals surface area (Å²) in [5, 5.41) is 6.84. The highest BCUT2D eigenvalue weighted by Gasteiger charge is 2.29. The Bertz CT molecular complexity index is 864. The van der Waals surface area contributed by atoms with Gasteiger partial charge in [-0.25, -0.2) is 4.99 Å². The Morgan fingerprint density at radius 1 is 1.19 bits per heavy atom. The van der Waals surface area contributed by atoms with Gasteiger partial charge in [0.05, 0.1) is 6.61 Å². The minimum Gasteiger partial charge on any atom is -0.493 e. The summed E-state index contributed by atoms with van der Waals surface area (Å²) >= 11 is 1.79. The number of guanidine groups is 1. The summed E-state index contributed by atoms with van der Waals surface area (Å²) in [4.78, 5) is 19.3. The second kappa shape index (κ2) is 12.8. The van der Waals surface area contributed by atoms with Crippen molar-refractivity contribution in [3.05, 3.63) is 60.2 Å². The van der Waals surface area contributed by atoms with Crippen LogP contribution in [0.4, 0.5) is 0 Å². The summed E-state index contributed by atoms with van der Waals surface area (Å²) in [5.41, 5.74) is 1.21. The van der Waals surface area contributed by atoms with Crippen LogP contribution in [0, 0.1) is 0 Å². The van der Waals surface area contributed by atoms with Crippen molar-refractivity contribution in [1.29, 1.82) is 0 Å². The number of nitrogens with one attached hydrogen (secondary N) is 2. The fraction of sp³-hybridized carbons (Fsp3) is 0.391. The van der Waals surface area contributed by atoms with Gasteiger partial charge in [0.2, 0.25) is 5.91 Å². The predicted molar refractivity (Wildman–Crippen MR) is 139 cm³/mol. The highest BCUT2D eigenvalue weighted by molar-refractivity contribution is 14.0. The van der Waals surface area contributed by atoms with E-state index in [9.17, 15) is 4.79 Å². The van der Waals surface area contributed by atoms with Gasteiger partial charge in [-0.15, -0.1) is 35.7 Å². The minimum atomic E-state index is -0.0306. The summed E-state index contributed by atoms with van der Waals surface area (Å²) in [6.07, 6.45) is 0. The zero-order chi connectivity index (χ0) is 21.3. The van der Waals surface area contributed by atoms with E-state index in [1.54, 1.807) is 30.8 Å². The third-order valence-corrected chi connectivity index (χ3v) is 6.00. The van der Waals surface area contributed by atoms with Crippen LogP contribution in [0.1, 0.15) is 18.4 Å². The summed E-state index contributed by atoms with van der Waals surface area (Å²) in [6.45, 7) is 3.62. The number of hydrogen-bond acceptors (Lipinski definition) is 4. The number of fused-ring (bicyclic) bond motifs is 1. The number of aliphatic imine (C=N–C) groups is 1. The summed E-state index contributed by atoms with van der Waals surface area (Å²) < 4.78 is 5.83. The van der Waals surface area contributed by atoms with Crippen LogP contribution in [0.25, 0.3) is 0 Å². The molecule has 0 aliphatic carbocycles. The quantitative estimate of drug-likeness (QED) is 0.172. The number of rotatable bonds is 8. The molecule has 1 amide bonds. The summed E-state index contributed by atoms with van der Waals surface area (Å²) in [6, 6.07) is 18.6. The lowest BCUT2D eigenvalue weighted by Gasteiger charge is -2.23. The minimum absolute atomic E-state index is 0. The molecule has 2 N–H and O–H groups in total. The first kappa shape index (κ1) is 25.3. The first-order chi connectivity index (χ1) is 14.5. The van der Waals surface area contributed by atoms with Crippen molar-refractivity contribution in [3.8, 4) is 5.75 Å². The van der Waals surface area contributed by atoms with Crippen molar-refractivity contribution in [3.63, 3.8) is 0 Å². The van der Waals surface area contributed by atoms with Gasteiger partial charge in [0.25, 0.3) is 0 Å². The molecule has 2 unspecified atom stereocenters. The highest BCUT2D eigenvalue weighted by atomic mass is 127. The fourth-order valence-corrected chi connectivity index (χ4v) is 4.00. The maximum Gasteiger partial charge on any atom is 0.243 e. The number of carbonyl (C=O) groups is 1. The molecule has 6 nitrogen and oxygen atoms in total. The maximum atomic E-state index is 12.0. The third kappa shape index (κ3) is 7.60. The van der Waals surface area contributed by atoms with Crippen molar-refractivity contribution in [2.75, 3.05) is 39.5 Å². The number of thioether (sulfide) groups is 1. The van der Waals surface area contributed by atoms with E-state index in [-0.39, 0.29) is 48.4 Å². The van der Waals surface area contributed by atoms with Crippen LogP contribution in [0.3, 0.4) is 0 Å². The lowest BCUT2D eigenvalue weighted by atomic mass is 9.94. The number of hydrogen-bond donors (Lipinski definition) is 2. The zero-order valence-electron chi connectivity index (χ0n) is 18.2. The van der Waals surface area contributed by atoms with Gasteiger partial charge in [-0.1, -0.05) is 36.4 Å². The summed E-state index contributed by atoms with van der Waals surface area (Å²) in [7, 11) is 3.48. The van der Waals surface area contributed by atoms with Crippen molar-refractivity contribution in [1.82, 2.24) is 15.5 Å². The fourth-order valence-electron chi connectivity index (χ4n) is 3.21. The van der Waals surface area contributed by atoms with Gasteiger partial charge in [-0.05, 0) is 25.1 Å². The molecule has 0 radical (unpaired) electrons. The van der Waals surface area contributed by atoms with Crippen molar-refractivity contribution >= 4 is 47.6 Å². The van der Waals surface area contributed by atoms with Crippen LogP contribution in [0.2, 0.25) is 0 Å². The zero-order valence-corrected chi connectivity index (χ0v) is 21.4. The molecule has 2 aromatic rings. The molecule has 1 aliphatic heterocycles. The number of nitrogens with zero attached hydrogens (tertiary/aromatic N) is 2. The van der Waals surface area contributed by atoms with Crippen molar-refractivity contribution in [2.24, 2.45) is 4.99 Å². The average molecular weight is 554 g/mol. The van der Waals surface area contributed by atoms with Gasteiger partial charge in [0.1, 0.15) is 12.3 Å². The molecule has 1 heterocycles. The highest BCUT2D eigenvalue weighted by Crippen LogP contribution is 2.35. The molecule has 1 aliphatic rings. The molecular weight excluding hydrogens is 523 g/mol. The molecule has 8 heteroatoms. The Hall–Kier alpha value is -1.94. The first-order valence-electron chi connectivity index (χ1n) is 10.2. The van der Waals surface area contributed by atoms with Crippen LogP contribution in [-0.4, -0.2) is 62.4 Å². The number of para-hydroxylation sites is 1. The van der Waals surface area contributed by atoms with Gasteiger partial charge in [0.15, 0.2) is 5.96 Å². The van der Waals surface area contributed by atoms with Crippen molar-refractivity contribution < 1.29 is 9.53 Å². The molecule has 0 spiro atoms. The van der Waals surface area contributed by atoms with Gasteiger partial charge in [0, 0.05) is 48.8 Å². The number of amides is 1. The van der Waals surface area contributed by atoms with E-state index in [4.69, 9.17) is 4.74 Å². The van der Waals surface area contributed by atoms with Crippen LogP contribution in [-0.2, 0) is 4.79 Å². The molecular formula is C23H31IN4O2S. The van der Waals surface area contributed by atoms with E-state index in [0.29, 0.717) is 12.6 Å². The SMILES string of the molecule is CC(NC(=NCC(=O)N(C)C)NCCSc1ccccc1)C1COc2ccccc21.I. The van der Waals surface area contributed by atoms with Crippen LogP contribution in [0.15, 0.2) is 64.5 Å². The van der Waals surface area contributed by atoms with Crippen LogP contribution >= 0.6 is 35.7 Å². The van der Waals surface area contributed by atoms with Gasteiger partial charge >= 0.3 is 0 Å². The Kier molecular flexibility index (Phi) is 10.5. The molecule has 31 heavy (non-hydrogen) atoms. The monoisotopic (exact) mass is 554 g/mol. The normalized spacial score (nSPS) is 15.8. The standard InChI is InChI=1S/C23H30N4O2S.HI/c1-17(20-16-29-21-12-8-7-11-19(20)21)26-23(25-15-22(28)27(2)3)24-13-14-30-18-9-5-4-6-10-18;/h4-12,17,20H,13-16H2,1-3H3,(H2,24,25,26);1H. The van der Waals surface area contributed by atoms with Crippen LogP contribution < -0.4 is 15.4 Å². The van der Waals surface area contributed by atoms with Gasteiger partial charge < -0.3 is 20.3 Å². The predicted octanol–water partition coefficient (Wildman–Crippen LogP) is 3.58. The first-order valence-corrected chi connectivity index (χ1v) is 11.2. The molecule has 0 fully saturated rings. The number of carbonyl (C=O) groups excluding carboxylic acids is 1. The van der Waals surface area contributed by atoms with E-state index in [0.717, 1.165) is 18.0 Å². The Labute approximate surface area is 206 Å². The Balaban J connectivity index is 0.00000341. The molecule has 0 bridgehead atoms. The third-order valence-electron chi connectivity index (χ3n) is 4.98. The Morgan fingerprint density at radius 3 is 2.65 bits per heavy atom. The van der Waals surface area contributed by atoms with E-state index in [1.165, 1.54) is 10.5 Å². The lowest BCUT2D eigenvalue weighted by Crippen LogP contribution is -2.46. The number of benzene rings is 2. The maximum absolute atomic E-state index is 12.0. The lowest BCUT2D eigenvalue weighted by molar-refractivity contribution is -0.127. The van der Waals surface area contributed by atoms with Gasteiger partial charge in [-0.3, -0.25) is 4.79 Å². The topological polar surface area (TPSA) is 66.0 Å². The molecule has 0 saturated heterocycles. The molecule has 3 rings (SSSR count). The summed E-state index contributed by atoms with van der Waals surface area (Å²) in [5.74, 6) is 2.70. The second-order valence-electron chi connectivity index (χ2n) is 7.43. The molecule has 2 aromatic carbocycles. The van der Waals surface area contributed by atoms with E-state index in [2.05, 4.69) is 40.7 Å².